The maximum absolute atomic E-state index is 14.0. The van der Waals surface area contributed by atoms with Crippen LogP contribution < -0.4 is 5.32 Å². The Morgan fingerprint density at radius 1 is 1.19 bits per heavy atom. The summed E-state index contributed by atoms with van der Waals surface area (Å²) in [5.41, 5.74) is 1.06. The van der Waals surface area contributed by atoms with E-state index in [0.717, 1.165) is 31.6 Å². The zero-order valence-electron chi connectivity index (χ0n) is 15.0. The maximum atomic E-state index is 14.0. The molecule has 1 fully saturated rings. The zero-order valence-corrected chi connectivity index (χ0v) is 15.8. The van der Waals surface area contributed by atoms with E-state index in [-0.39, 0.29) is 16.6 Å². The fraction of sp³-hybridized carbons (Fsp3) is 0.450. The van der Waals surface area contributed by atoms with Crippen molar-refractivity contribution in [2.45, 2.75) is 31.7 Å². The average molecular weight is 378 g/mol. The van der Waals surface area contributed by atoms with E-state index in [4.69, 9.17) is 11.6 Å². The number of nitrogens with one attached hydrogen (secondary N) is 1. The number of hydrogen-bond donors (Lipinski definition) is 1. The minimum Gasteiger partial charge on any atom is -0.353 e. The minimum absolute atomic E-state index is 0.0580. The first kappa shape index (κ1) is 18.9. The minimum atomic E-state index is -0.597. The van der Waals surface area contributed by atoms with Gasteiger partial charge in [0.2, 0.25) is 0 Å². The molecule has 2 heterocycles. The Balaban J connectivity index is 1.77. The molecule has 1 aliphatic rings. The summed E-state index contributed by atoms with van der Waals surface area (Å²) in [6.07, 6.45) is 6.82. The van der Waals surface area contributed by atoms with Crippen LogP contribution in [0.5, 0.6) is 0 Å². The Morgan fingerprint density at radius 2 is 1.92 bits per heavy atom. The van der Waals surface area contributed by atoms with E-state index >= 15 is 0 Å². The molecule has 1 aromatic carbocycles. The molecule has 0 spiro atoms. The van der Waals surface area contributed by atoms with Crippen LogP contribution >= 0.6 is 11.6 Å². The number of carbonyl (C=O) groups is 1. The van der Waals surface area contributed by atoms with Crippen molar-refractivity contribution < 1.29 is 9.18 Å². The first-order valence-corrected chi connectivity index (χ1v) is 9.53. The molecule has 0 saturated carbocycles. The van der Waals surface area contributed by atoms with Crippen molar-refractivity contribution in [1.82, 2.24) is 14.8 Å². The van der Waals surface area contributed by atoms with Crippen LogP contribution in [0.2, 0.25) is 5.02 Å². The van der Waals surface area contributed by atoms with Crippen molar-refractivity contribution in [3.05, 3.63) is 58.6 Å². The van der Waals surface area contributed by atoms with Crippen LogP contribution in [0.4, 0.5) is 4.39 Å². The summed E-state index contributed by atoms with van der Waals surface area (Å²) >= 11 is 6.02. The Kier molecular flexibility index (Phi) is 6.33. The molecule has 0 aliphatic carbocycles. The van der Waals surface area contributed by atoms with E-state index in [1.165, 1.54) is 31.0 Å². The van der Waals surface area contributed by atoms with Gasteiger partial charge in [-0.05, 0) is 50.2 Å². The van der Waals surface area contributed by atoms with E-state index in [0.29, 0.717) is 6.54 Å². The van der Waals surface area contributed by atoms with Crippen LogP contribution in [0.25, 0.3) is 0 Å². The molecule has 2 aromatic rings. The van der Waals surface area contributed by atoms with Gasteiger partial charge in [0.1, 0.15) is 5.82 Å². The molecule has 140 valence electrons. The first-order valence-electron chi connectivity index (χ1n) is 9.15. The molecule has 1 saturated heterocycles. The van der Waals surface area contributed by atoms with Gasteiger partial charge in [0.05, 0.1) is 16.6 Å². The number of rotatable bonds is 5. The molecule has 26 heavy (non-hydrogen) atoms. The van der Waals surface area contributed by atoms with Gasteiger partial charge in [-0.15, -0.1) is 0 Å². The molecule has 1 atom stereocenters. The van der Waals surface area contributed by atoms with Crippen LogP contribution in [0.3, 0.4) is 0 Å². The quantitative estimate of drug-likeness (QED) is 0.849. The number of aryl methyl sites for hydroxylation is 1. The molecule has 0 bridgehead atoms. The van der Waals surface area contributed by atoms with Crippen LogP contribution in [0, 0.1) is 5.82 Å². The zero-order chi connectivity index (χ0) is 18.5. The molecule has 6 heteroatoms. The molecule has 0 radical (unpaired) electrons. The Labute approximate surface area is 158 Å². The number of aromatic nitrogens is 1. The van der Waals surface area contributed by atoms with E-state index in [9.17, 15) is 9.18 Å². The molecule has 1 aliphatic heterocycles. The number of likely N-dealkylation sites (tertiary alicyclic amines) is 1. The third kappa shape index (κ3) is 4.27. The number of nitrogens with zero attached hydrogens (tertiary/aromatic N) is 2. The third-order valence-corrected chi connectivity index (χ3v) is 5.37. The summed E-state index contributed by atoms with van der Waals surface area (Å²) in [4.78, 5) is 15.0. The van der Waals surface area contributed by atoms with Gasteiger partial charge in [0.15, 0.2) is 0 Å². The van der Waals surface area contributed by atoms with Gasteiger partial charge in [0.25, 0.3) is 5.91 Å². The van der Waals surface area contributed by atoms with Gasteiger partial charge in [-0.25, -0.2) is 4.39 Å². The predicted molar refractivity (Wildman–Crippen MR) is 102 cm³/mol. The van der Waals surface area contributed by atoms with Crippen LogP contribution in [-0.4, -0.2) is 35.0 Å². The summed E-state index contributed by atoms with van der Waals surface area (Å²) < 4.78 is 16.1. The fourth-order valence-electron chi connectivity index (χ4n) is 3.64. The lowest BCUT2D eigenvalue weighted by atomic mass is 10.1. The molecule has 1 amide bonds. The van der Waals surface area contributed by atoms with Crippen LogP contribution in [0.15, 0.2) is 36.5 Å². The molecule has 1 N–H and O–H groups in total. The highest BCUT2D eigenvalue weighted by molar-refractivity contribution is 6.33. The van der Waals surface area contributed by atoms with Gasteiger partial charge >= 0.3 is 0 Å². The second kappa shape index (κ2) is 8.69. The molecule has 1 unspecified atom stereocenters. The smallest absolute Gasteiger partial charge is 0.255 e. The van der Waals surface area contributed by atoms with Gasteiger partial charge < -0.3 is 9.88 Å². The summed E-state index contributed by atoms with van der Waals surface area (Å²) in [6, 6.07) is 8.43. The van der Waals surface area contributed by atoms with Crippen LogP contribution in [-0.2, 0) is 7.05 Å². The average Bonchev–Trinajstić information content (AvgIpc) is 2.86. The highest BCUT2D eigenvalue weighted by Gasteiger charge is 2.25. The van der Waals surface area contributed by atoms with Crippen molar-refractivity contribution in [1.29, 1.82) is 0 Å². The highest BCUT2D eigenvalue weighted by Crippen LogP contribution is 2.25. The second-order valence-electron chi connectivity index (χ2n) is 6.82. The number of halogens is 2. The molecule has 4 nitrogen and oxygen atoms in total. The van der Waals surface area contributed by atoms with Crippen molar-refractivity contribution in [2.75, 3.05) is 19.6 Å². The number of benzene rings is 1. The number of hydrogen-bond acceptors (Lipinski definition) is 2. The Hall–Kier alpha value is -1.85. The fourth-order valence-corrected chi connectivity index (χ4v) is 3.89. The first-order chi connectivity index (χ1) is 12.6. The Bertz CT molecular complexity index is 733. The largest absolute Gasteiger partial charge is 0.353 e. The van der Waals surface area contributed by atoms with Gasteiger partial charge in [-0.3, -0.25) is 9.69 Å². The van der Waals surface area contributed by atoms with E-state index in [1.54, 1.807) is 0 Å². The lowest BCUT2D eigenvalue weighted by Gasteiger charge is -2.31. The summed E-state index contributed by atoms with van der Waals surface area (Å²) in [5, 5.41) is 3.03. The normalized spacial score (nSPS) is 16.9. The van der Waals surface area contributed by atoms with Gasteiger partial charge in [0, 0.05) is 25.5 Å². The van der Waals surface area contributed by atoms with Crippen LogP contribution in [0.1, 0.15) is 47.8 Å². The summed E-state index contributed by atoms with van der Waals surface area (Å²) in [6.45, 7) is 2.43. The monoisotopic (exact) mass is 377 g/mol. The Morgan fingerprint density at radius 3 is 2.54 bits per heavy atom. The topological polar surface area (TPSA) is 37.3 Å². The maximum Gasteiger partial charge on any atom is 0.255 e. The molecule has 1 aromatic heterocycles. The van der Waals surface area contributed by atoms with E-state index in [2.05, 4.69) is 20.9 Å². The third-order valence-electron chi connectivity index (χ3n) is 5.05. The van der Waals surface area contributed by atoms with Gasteiger partial charge in [-0.1, -0.05) is 30.5 Å². The predicted octanol–water partition coefficient (Wildman–Crippen LogP) is 4.16. The number of carbonyl (C=O) groups excluding carboxylic acids is 1. The summed E-state index contributed by atoms with van der Waals surface area (Å²) in [5.74, 6) is -1.07. The number of amides is 1. The van der Waals surface area contributed by atoms with E-state index in [1.807, 2.05) is 19.3 Å². The van der Waals surface area contributed by atoms with Crippen molar-refractivity contribution >= 4 is 17.5 Å². The summed E-state index contributed by atoms with van der Waals surface area (Å²) in [7, 11) is 2.01. The highest BCUT2D eigenvalue weighted by atomic mass is 35.5. The van der Waals surface area contributed by atoms with Crippen molar-refractivity contribution in [3.8, 4) is 0 Å². The lowest BCUT2D eigenvalue weighted by molar-refractivity contribution is 0.0927. The second-order valence-corrected chi connectivity index (χ2v) is 7.22. The molecular formula is C20H25ClFN3O. The SMILES string of the molecule is Cn1cccc1C(CNC(=O)c1c(F)cccc1Cl)N1CCCCCC1. The van der Waals surface area contributed by atoms with Crippen molar-refractivity contribution in [3.63, 3.8) is 0 Å². The lowest BCUT2D eigenvalue weighted by Crippen LogP contribution is -2.39. The van der Waals surface area contributed by atoms with Gasteiger partial charge in [-0.2, -0.15) is 0 Å². The standard InChI is InChI=1S/C20H25ClFN3O/c1-24-11-7-10-17(24)18(25-12-4-2-3-5-13-25)14-23-20(26)19-15(21)8-6-9-16(19)22/h6-11,18H,2-5,12-14H2,1H3,(H,23,26). The van der Waals surface area contributed by atoms with E-state index < -0.39 is 11.7 Å². The molecular weight excluding hydrogens is 353 g/mol. The van der Waals surface area contributed by atoms with Crippen molar-refractivity contribution in [2.24, 2.45) is 7.05 Å². The molecule has 3 rings (SSSR count).